The Labute approximate surface area is 144 Å². The van der Waals surface area contributed by atoms with Gasteiger partial charge in [0.1, 0.15) is 5.75 Å². The molecular weight excluding hydrogens is 304 g/mol. The Morgan fingerprint density at radius 1 is 1.25 bits per heavy atom. The van der Waals surface area contributed by atoms with Crippen molar-refractivity contribution < 1.29 is 14.3 Å². The first-order chi connectivity index (χ1) is 11.5. The van der Waals surface area contributed by atoms with E-state index in [0.717, 1.165) is 24.2 Å². The molecule has 132 valence electrons. The molecule has 0 unspecified atom stereocenters. The summed E-state index contributed by atoms with van der Waals surface area (Å²) < 4.78 is 5.58. The molecule has 24 heavy (non-hydrogen) atoms. The van der Waals surface area contributed by atoms with Gasteiger partial charge in [-0.1, -0.05) is 32.0 Å². The molecule has 2 amide bonds. The zero-order valence-corrected chi connectivity index (χ0v) is 14.9. The van der Waals surface area contributed by atoms with Crippen molar-refractivity contribution in [3.8, 4) is 5.75 Å². The van der Waals surface area contributed by atoms with E-state index in [1.54, 1.807) is 0 Å². The lowest BCUT2D eigenvalue weighted by Gasteiger charge is -2.32. The molecule has 0 atom stereocenters. The number of hydrogen-bond donors (Lipinski definition) is 1. The third kappa shape index (κ3) is 4.73. The number of nitrogens with one attached hydrogen (secondary N) is 1. The molecule has 1 aliphatic heterocycles. The fraction of sp³-hybridized carbons (Fsp3) is 0.579. The first-order valence-electron chi connectivity index (χ1n) is 8.80. The number of nitrogens with zero attached hydrogens (tertiary/aromatic N) is 1. The summed E-state index contributed by atoms with van der Waals surface area (Å²) in [4.78, 5) is 26.3. The second-order valence-corrected chi connectivity index (χ2v) is 6.51. The van der Waals surface area contributed by atoms with Crippen molar-refractivity contribution in [2.45, 2.75) is 40.2 Å². The van der Waals surface area contributed by atoms with Crippen LogP contribution in [0, 0.1) is 11.8 Å². The molecule has 5 heteroatoms. The monoisotopic (exact) mass is 332 g/mol. The molecule has 1 N–H and O–H groups in total. The molecule has 0 radical (unpaired) electrons. The van der Waals surface area contributed by atoms with Crippen LogP contribution in [-0.2, 0) is 16.1 Å². The Bertz CT molecular complexity index is 563. The molecule has 1 aliphatic rings. The van der Waals surface area contributed by atoms with Gasteiger partial charge >= 0.3 is 0 Å². The van der Waals surface area contributed by atoms with Gasteiger partial charge in [-0.15, -0.1) is 0 Å². The quantitative estimate of drug-likeness (QED) is 0.871. The smallest absolute Gasteiger partial charge is 0.225 e. The number of carbonyl (C=O) groups excluding carboxylic acids is 2. The van der Waals surface area contributed by atoms with Crippen LogP contribution in [-0.4, -0.2) is 36.4 Å². The maximum absolute atomic E-state index is 12.4. The Morgan fingerprint density at radius 2 is 1.92 bits per heavy atom. The van der Waals surface area contributed by atoms with Crippen LogP contribution in [0.1, 0.15) is 39.2 Å². The first-order valence-corrected chi connectivity index (χ1v) is 8.80. The minimum Gasteiger partial charge on any atom is -0.494 e. The minimum absolute atomic E-state index is 0.0135. The van der Waals surface area contributed by atoms with Gasteiger partial charge in [0.15, 0.2) is 0 Å². The van der Waals surface area contributed by atoms with Crippen molar-refractivity contribution in [2.24, 2.45) is 11.8 Å². The molecule has 2 rings (SSSR count). The average Bonchev–Trinajstić information content (AvgIpc) is 2.60. The zero-order chi connectivity index (χ0) is 17.5. The second-order valence-electron chi connectivity index (χ2n) is 6.51. The van der Waals surface area contributed by atoms with E-state index in [1.165, 1.54) is 0 Å². The van der Waals surface area contributed by atoms with Crippen molar-refractivity contribution in [1.29, 1.82) is 0 Å². The number of rotatable bonds is 6. The zero-order valence-electron chi connectivity index (χ0n) is 14.9. The number of ether oxygens (including phenoxy) is 1. The molecule has 0 aliphatic carbocycles. The van der Waals surface area contributed by atoms with Crippen LogP contribution in [0.5, 0.6) is 5.75 Å². The van der Waals surface area contributed by atoms with Gasteiger partial charge in [0.25, 0.3) is 0 Å². The largest absolute Gasteiger partial charge is 0.494 e. The number of carbonyl (C=O) groups is 2. The second kappa shape index (κ2) is 8.71. The average molecular weight is 332 g/mol. The van der Waals surface area contributed by atoms with Crippen LogP contribution in [0.25, 0.3) is 0 Å². The number of para-hydroxylation sites is 1. The van der Waals surface area contributed by atoms with Gasteiger partial charge in [0, 0.05) is 37.0 Å². The molecular formula is C19H28N2O3. The van der Waals surface area contributed by atoms with Crippen molar-refractivity contribution in [1.82, 2.24) is 10.2 Å². The number of hydrogen-bond acceptors (Lipinski definition) is 3. The Kier molecular flexibility index (Phi) is 6.64. The highest BCUT2D eigenvalue weighted by Crippen LogP contribution is 2.21. The highest BCUT2D eigenvalue weighted by molar-refractivity contribution is 5.80. The summed E-state index contributed by atoms with van der Waals surface area (Å²) in [6.07, 6.45) is 1.47. The highest BCUT2D eigenvalue weighted by atomic mass is 16.5. The predicted octanol–water partition coefficient (Wildman–Crippen LogP) is 2.60. The van der Waals surface area contributed by atoms with Crippen LogP contribution in [0.15, 0.2) is 24.3 Å². The Hall–Kier alpha value is -2.04. The van der Waals surface area contributed by atoms with E-state index >= 15 is 0 Å². The summed E-state index contributed by atoms with van der Waals surface area (Å²) in [7, 11) is 0. The van der Waals surface area contributed by atoms with Crippen LogP contribution in [0.2, 0.25) is 0 Å². The Balaban J connectivity index is 1.83. The minimum atomic E-state index is -0.0135. The number of amides is 2. The molecule has 1 saturated heterocycles. The lowest BCUT2D eigenvalue weighted by molar-refractivity contribution is -0.138. The third-order valence-corrected chi connectivity index (χ3v) is 4.40. The van der Waals surface area contributed by atoms with Crippen LogP contribution in [0.4, 0.5) is 0 Å². The molecule has 1 heterocycles. The van der Waals surface area contributed by atoms with Crippen molar-refractivity contribution in [2.75, 3.05) is 19.7 Å². The van der Waals surface area contributed by atoms with Crippen LogP contribution < -0.4 is 10.1 Å². The van der Waals surface area contributed by atoms with E-state index in [4.69, 9.17) is 4.74 Å². The van der Waals surface area contributed by atoms with Crippen molar-refractivity contribution in [3.05, 3.63) is 29.8 Å². The van der Waals surface area contributed by atoms with E-state index in [1.807, 2.05) is 49.9 Å². The van der Waals surface area contributed by atoms with Gasteiger partial charge in [-0.2, -0.15) is 0 Å². The fourth-order valence-corrected chi connectivity index (χ4v) is 3.00. The fourth-order valence-electron chi connectivity index (χ4n) is 3.00. The van der Waals surface area contributed by atoms with Gasteiger partial charge in [0.2, 0.25) is 11.8 Å². The van der Waals surface area contributed by atoms with E-state index in [2.05, 4.69) is 5.32 Å². The molecule has 1 aromatic rings. The lowest BCUT2D eigenvalue weighted by atomic mass is 9.95. The molecule has 0 bridgehead atoms. The molecule has 0 spiro atoms. The summed E-state index contributed by atoms with van der Waals surface area (Å²) in [5.41, 5.74) is 0.986. The summed E-state index contributed by atoms with van der Waals surface area (Å²) in [6.45, 7) is 8.19. The standard InChI is InChI=1S/C19H28N2O3/c1-4-24-17-8-6-5-7-16(17)13-20-18(22)15-9-11-21(12-10-15)19(23)14(2)3/h5-8,14-15H,4,9-13H2,1-3H3,(H,20,22). The van der Waals surface area contributed by atoms with Crippen molar-refractivity contribution >= 4 is 11.8 Å². The van der Waals surface area contributed by atoms with Crippen LogP contribution >= 0.6 is 0 Å². The van der Waals surface area contributed by atoms with Crippen LogP contribution in [0.3, 0.4) is 0 Å². The maximum Gasteiger partial charge on any atom is 0.225 e. The normalized spacial score (nSPS) is 15.4. The van der Waals surface area contributed by atoms with Gasteiger partial charge in [-0.05, 0) is 25.8 Å². The summed E-state index contributed by atoms with van der Waals surface area (Å²) in [6, 6.07) is 7.76. The van der Waals surface area contributed by atoms with Gasteiger partial charge < -0.3 is 15.0 Å². The maximum atomic E-state index is 12.4. The summed E-state index contributed by atoms with van der Waals surface area (Å²) >= 11 is 0. The molecule has 0 aromatic heterocycles. The van der Waals surface area contributed by atoms with Crippen molar-refractivity contribution in [3.63, 3.8) is 0 Å². The van der Waals surface area contributed by atoms with E-state index in [-0.39, 0.29) is 23.7 Å². The number of likely N-dealkylation sites (tertiary alicyclic amines) is 1. The number of piperidine rings is 1. The molecule has 5 nitrogen and oxygen atoms in total. The lowest BCUT2D eigenvalue weighted by Crippen LogP contribution is -2.44. The SMILES string of the molecule is CCOc1ccccc1CNC(=O)C1CCN(C(=O)C(C)C)CC1. The molecule has 1 fully saturated rings. The summed E-state index contributed by atoms with van der Waals surface area (Å²) in [5, 5.41) is 3.01. The van der Waals surface area contributed by atoms with E-state index in [0.29, 0.717) is 26.2 Å². The molecule has 0 saturated carbocycles. The van der Waals surface area contributed by atoms with E-state index in [9.17, 15) is 9.59 Å². The molecule has 1 aromatic carbocycles. The van der Waals surface area contributed by atoms with Gasteiger partial charge in [-0.3, -0.25) is 9.59 Å². The first kappa shape index (κ1) is 18.3. The third-order valence-electron chi connectivity index (χ3n) is 4.40. The predicted molar refractivity (Wildman–Crippen MR) is 93.6 cm³/mol. The number of benzene rings is 1. The Morgan fingerprint density at radius 3 is 2.54 bits per heavy atom. The highest BCUT2D eigenvalue weighted by Gasteiger charge is 2.28. The van der Waals surface area contributed by atoms with Gasteiger partial charge in [0.05, 0.1) is 6.61 Å². The van der Waals surface area contributed by atoms with E-state index < -0.39 is 0 Å². The van der Waals surface area contributed by atoms with Gasteiger partial charge in [-0.25, -0.2) is 0 Å². The summed E-state index contributed by atoms with van der Waals surface area (Å²) in [5.74, 6) is 1.07. The topological polar surface area (TPSA) is 58.6 Å².